The molecule has 2 amide bonds. The molecule has 3 saturated heterocycles. The van der Waals surface area contributed by atoms with Gasteiger partial charge in [0, 0.05) is 31.0 Å². The van der Waals surface area contributed by atoms with Gasteiger partial charge in [-0.2, -0.15) is 0 Å². The number of nitrogens with one attached hydrogen (secondary N) is 3. The molecule has 4 rings (SSSR count). The van der Waals surface area contributed by atoms with Gasteiger partial charge in [0.25, 0.3) is 5.56 Å². The van der Waals surface area contributed by atoms with Crippen LogP contribution in [-0.4, -0.2) is 51.9 Å². The van der Waals surface area contributed by atoms with Gasteiger partial charge in [-0.25, -0.2) is 4.98 Å². The fourth-order valence-electron chi connectivity index (χ4n) is 4.64. The topological polar surface area (TPSA) is 107 Å². The van der Waals surface area contributed by atoms with Crippen LogP contribution in [0.3, 0.4) is 0 Å². The quantitative estimate of drug-likeness (QED) is 0.676. The summed E-state index contributed by atoms with van der Waals surface area (Å²) in [6.07, 6.45) is 4.73. The third-order valence-corrected chi connectivity index (χ3v) is 5.69. The molecule has 0 radical (unpaired) electrons. The number of hydrogen-bond donors (Lipinski definition) is 3. The Balaban J connectivity index is 1.52. The minimum atomic E-state index is -0.427. The predicted octanol–water partition coefficient (Wildman–Crippen LogP) is -0.625. The van der Waals surface area contributed by atoms with E-state index < -0.39 is 6.04 Å². The molecule has 2 bridgehead atoms. The van der Waals surface area contributed by atoms with Crippen molar-refractivity contribution in [3.8, 4) is 0 Å². The van der Waals surface area contributed by atoms with Gasteiger partial charge in [-0.1, -0.05) is 0 Å². The first-order chi connectivity index (χ1) is 12.1. The Labute approximate surface area is 145 Å². The van der Waals surface area contributed by atoms with Crippen LogP contribution in [0.2, 0.25) is 0 Å². The highest BCUT2D eigenvalue weighted by molar-refractivity contribution is 5.89. The first-order valence-electron chi connectivity index (χ1n) is 8.96. The van der Waals surface area contributed by atoms with E-state index in [2.05, 4.69) is 20.6 Å². The second-order valence-electron chi connectivity index (χ2n) is 7.24. The summed E-state index contributed by atoms with van der Waals surface area (Å²) in [6.45, 7) is 1.87. The summed E-state index contributed by atoms with van der Waals surface area (Å²) < 4.78 is 0. The number of carbonyl (C=O) groups excluding carboxylic acids is 2. The highest BCUT2D eigenvalue weighted by atomic mass is 16.2. The second-order valence-corrected chi connectivity index (χ2v) is 7.24. The van der Waals surface area contributed by atoms with Crippen LogP contribution in [0, 0.1) is 11.8 Å². The number of hydrogen-bond acceptors (Lipinski definition) is 5. The van der Waals surface area contributed by atoms with Crippen LogP contribution in [0.15, 0.2) is 17.2 Å². The van der Waals surface area contributed by atoms with E-state index in [4.69, 9.17) is 0 Å². The van der Waals surface area contributed by atoms with Crippen molar-refractivity contribution in [1.82, 2.24) is 25.5 Å². The number of carbonyl (C=O) groups is 2. The highest BCUT2D eigenvalue weighted by Gasteiger charge is 2.50. The summed E-state index contributed by atoms with van der Waals surface area (Å²) >= 11 is 0. The van der Waals surface area contributed by atoms with Crippen molar-refractivity contribution in [1.29, 1.82) is 0 Å². The molecule has 134 valence electrons. The van der Waals surface area contributed by atoms with Crippen molar-refractivity contribution in [2.75, 3.05) is 13.1 Å². The molecule has 8 heteroatoms. The van der Waals surface area contributed by atoms with E-state index in [-0.39, 0.29) is 35.9 Å². The molecule has 1 aromatic rings. The maximum Gasteiger partial charge on any atom is 0.250 e. The van der Waals surface area contributed by atoms with Crippen molar-refractivity contribution in [2.24, 2.45) is 11.8 Å². The molecule has 3 fully saturated rings. The standard InChI is InChI=1S/C17H23N5O3/c23-14-5-12(20-9-21-14)8-19-17(25)16-11-4-10(6-18-7-11)13-2-1-3-15(24)22(13)16/h5,9-11,13,16,18H,1-4,6-8H2,(H,19,25)(H,20,21,23)/t10-,11+,13+,16-/m1/s1. The third kappa shape index (κ3) is 3.06. The van der Waals surface area contributed by atoms with Gasteiger partial charge < -0.3 is 20.5 Å². The smallest absolute Gasteiger partial charge is 0.250 e. The number of aromatic amines is 1. The Morgan fingerprint density at radius 1 is 1.32 bits per heavy atom. The van der Waals surface area contributed by atoms with Crippen LogP contribution in [-0.2, 0) is 16.1 Å². The number of rotatable bonds is 3. The van der Waals surface area contributed by atoms with Gasteiger partial charge in [0.05, 0.1) is 18.6 Å². The molecule has 4 heterocycles. The number of fused-ring (bicyclic) bond motifs is 4. The molecule has 0 aliphatic carbocycles. The maximum atomic E-state index is 12.9. The highest BCUT2D eigenvalue weighted by Crippen LogP contribution is 2.39. The molecule has 3 N–H and O–H groups in total. The minimum Gasteiger partial charge on any atom is -0.349 e. The lowest BCUT2D eigenvalue weighted by Gasteiger charge is -2.53. The Morgan fingerprint density at radius 3 is 3.00 bits per heavy atom. The summed E-state index contributed by atoms with van der Waals surface area (Å²) in [7, 11) is 0. The Morgan fingerprint density at radius 2 is 2.16 bits per heavy atom. The van der Waals surface area contributed by atoms with Crippen molar-refractivity contribution in [3.05, 3.63) is 28.4 Å². The Kier molecular flexibility index (Phi) is 4.29. The van der Waals surface area contributed by atoms with E-state index in [9.17, 15) is 14.4 Å². The van der Waals surface area contributed by atoms with Gasteiger partial charge in [-0.05, 0) is 31.7 Å². The lowest BCUT2D eigenvalue weighted by Crippen LogP contribution is -2.67. The van der Waals surface area contributed by atoms with Crippen molar-refractivity contribution in [2.45, 2.75) is 44.3 Å². The van der Waals surface area contributed by atoms with Crippen molar-refractivity contribution >= 4 is 11.8 Å². The molecule has 0 saturated carbocycles. The van der Waals surface area contributed by atoms with Crippen molar-refractivity contribution in [3.63, 3.8) is 0 Å². The summed E-state index contributed by atoms with van der Waals surface area (Å²) in [6, 6.07) is 1.11. The van der Waals surface area contributed by atoms with Gasteiger partial charge in [-0.15, -0.1) is 0 Å². The van der Waals surface area contributed by atoms with Gasteiger partial charge in [0.2, 0.25) is 11.8 Å². The summed E-state index contributed by atoms with van der Waals surface area (Å²) in [5.74, 6) is 0.544. The summed E-state index contributed by atoms with van der Waals surface area (Å²) in [5, 5.41) is 6.30. The molecule has 0 aromatic carbocycles. The summed E-state index contributed by atoms with van der Waals surface area (Å²) in [4.78, 5) is 45.2. The van der Waals surface area contributed by atoms with Gasteiger partial charge >= 0.3 is 0 Å². The zero-order valence-electron chi connectivity index (χ0n) is 14.0. The lowest BCUT2D eigenvalue weighted by molar-refractivity contribution is -0.157. The predicted molar refractivity (Wildman–Crippen MR) is 89.4 cm³/mol. The largest absolute Gasteiger partial charge is 0.349 e. The monoisotopic (exact) mass is 345 g/mol. The van der Waals surface area contributed by atoms with E-state index in [0.717, 1.165) is 32.4 Å². The Hall–Kier alpha value is -2.22. The first kappa shape index (κ1) is 16.3. The number of H-pyrrole nitrogens is 1. The molecule has 0 unspecified atom stereocenters. The fourth-order valence-corrected chi connectivity index (χ4v) is 4.64. The van der Waals surface area contributed by atoms with Gasteiger partial charge in [-0.3, -0.25) is 14.4 Å². The van der Waals surface area contributed by atoms with Crippen LogP contribution in [0.5, 0.6) is 0 Å². The van der Waals surface area contributed by atoms with Crippen LogP contribution in [0.4, 0.5) is 0 Å². The summed E-state index contributed by atoms with van der Waals surface area (Å²) in [5.41, 5.74) is 0.261. The number of aromatic nitrogens is 2. The Bertz CT molecular complexity index is 733. The molecular formula is C17H23N5O3. The fraction of sp³-hybridized carbons (Fsp3) is 0.647. The average Bonchev–Trinajstić information content (AvgIpc) is 2.61. The lowest BCUT2D eigenvalue weighted by atomic mass is 9.72. The van der Waals surface area contributed by atoms with E-state index in [1.54, 1.807) is 0 Å². The van der Waals surface area contributed by atoms with E-state index in [1.807, 2.05) is 4.90 Å². The third-order valence-electron chi connectivity index (χ3n) is 5.69. The molecule has 25 heavy (non-hydrogen) atoms. The van der Waals surface area contributed by atoms with Crippen LogP contribution in [0.1, 0.15) is 31.4 Å². The molecule has 3 aliphatic rings. The normalized spacial score (nSPS) is 31.4. The molecule has 4 atom stereocenters. The van der Waals surface area contributed by atoms with Crippen LogP contribution < -0.4 is 16.2 Å². The molecule has 3 aliphatic heterocycles. The zero-order chi connectivity index (χ0) is 17.4. The zero-order valence-corrected chi connectivity index (χ0v) is 14.0. The van der Waals surface area contributed by atoms with Gasteiger partial charge in [0.1, 0.15) is 6.04 Å². The maximum absolute atomic E-state index is 12.9. The second kappa shape index (κ2) is 6.59. The van der Waals surface area contributed by atoms with E-state index >= 15 is 0 Å². The molecule has 1 aromatic heterocycles. The SMILES string of the molecule is O=C(NCc1cc(=O)[nH]cn1)[C@H]1[C@@H]2CNC[C@@H](C2)[C@@H]2CCCC(=O)N21. The number of nitrogens with zero attached hydrogens (tertiary/aromatic N) is 2. The molecule has 8 nitrogen and oxygen atoms in total. The minimum absolute atomic E-state index is 0.0993. The molecule has 0 spiro atoms. The van der Waals surface area contributed by atoms with E-state index in [0.29, 0.717) is 18.0 Å². The van der Waals surface area contributed by atoms with Crippen LogP contribution in [0.25, 0.3) is 0 Å². The first-order valence-corrected chi connectivity index (χ1v) is 8.96. The van der Waals surface area contributed by atoms with Crippen LogP contribution >= 0.6 is 0 Å². The van der Waals surface area contributed by atoms with Gasteiger partial charge in [0.15, 0.2) is 0 Å². The van der Waals surface area contributed by atoms with E-state index in [1.165, 1.54) is 12.4 Å². The number of piperidine rings is 3. The average molecular weight is 345 g/mol. The molecular weight excluding hydrogens is 322 g/mol. The number of amides is 2. The van der Waals surface area contributed by atoms with Crippen molar-refractivity contribution < 1.29 is 9.59 Å².